The van der Waals surface area contributed by atoms with Crippen LogP contribution in [0, 0.1) is 5.92 Å². The number of carbonyl (C=O) groups is 1. The smallest absolute Gasteiger partial charge is 0.261 e. The molecule has 1 amide bonds. The Morgan fingerprint density at radius 1 is 1.29 bits per heavy atom. The highest BCUT2D eigenvalue weighted by molar-refractivity contribution is 5.85. The number of nitrogens with one attached hydrogen (secondary N) is 1. The first-order chi connectivity index (χ1) is 10.8. The van der Waals surface area contributed by atoms with Crippen LogP contribution < -0.4 is 15.8 Å². The van der Waals surface area contributed by atoms with Crippen molar-refractivity contribution in [2.75, 3.05) is 6.54 Å². The van der Waals surface area contributed by atoms with E-state index in [-0.39, 0.29) is 29.8 Å². The second-order valence-corrected chi connectivity index (χ2v) is 7.58. The van der Waals surface area contributed by atoms with E-state index in [4.69, 9.17) is 10.5 Å². The van der Waals surface area contributed by atoms with Crippen LogP contribution in [0.2, 0.25) is 0 Å². The maximum absolute atomic E-state index is 12.3. The molecule has 1 aromatic rings. The minimum absolute atomic E-state index is 0. The molecule has 1 aliphatic carbocycles. The highest BCUT2D eigenvalue weighted by Crippen LogP contribution is 2.26. The van der Waals surface area contributed by atoms with Gasteiger partial charge in [-0.15, -0.1) is 12.4 Å². The quantitative estimate of drug-likeness (QED) is 0.851. The van der Waals surface area contributed by atoms with E-state index in [1.165, 1.54) is 5.56 Å². The van der Waals surface area contributed by atoms with Crippen molar-refractivity contribution in [1.82, 2.24) is 5.32 Å². The zero-order valence-corrected chi connectivity index (χ0v) is 16.0. The molecule has 0 heterocycles. The molecule has 1 aliphatic rings. The van der Waals surface area contributed by atoms with Crippen LogP contribution in [0.5, 0.6) is 5.75 Å². The molecule has 3 N–H and O–H groups in total. The fourth-order valence-electron chi connectivity index (χ4n) is 3.10. The lowest BCUT2D eigenvalue weighted by Gasteiger charge is -2.23. The van der Waals surface area contributed by atoms with Crippen LogP contribution in [0.3, 0.4) is 0 Å². The van der Waals surface area contributed by atoms with Gasteiger partial charge < -0.3 is 15.8 Å². The lowest BCUT2D eigenvalue weighted by atomic mass is 9.87. The summed E-state index contributed by atoms with van der Waals surface area (Å²) in [5.74, 6) is 1.06. The van der Waals surface area contributed by atoms with Gasteiger partial charge in [0.2, 0.25) is 0 Å². The van der Waals surface area contributed by atoms with Gasteiger partial charge in [0.25, 0.3) is 5.91 Å². The second kappa shape index (κ2) is 8.72. The number of ether oxygens (including phenoxy) is 1. The molecular weight excluding hydrogens is 324 g/mol. The van der Waals surface area contributed by atoms with Crippen molar-refractivity contribution in [2.24, 2.45) is 11.7 Å². The van der Waals surface area contributed by atoms with Gasteiger partial charge >= 0.3 is 0 Å². The average molecular weight is 355 g/mol. The van der Waals surface area contributed by atoms with Gasteiger partial charge in [0, 0.05) is 6.04 Å². The third kappa shape index (κ3) is 5.38. The summed E-state index contributed by atoms with van der Waals surface area (Å²) in [6, 6.07) is 8.18. The average Bonchev–Trinajstić information content (AvgIpc) is 2.94. The molecule has 0 radical (unpaired) electrons. The van der Waals surface area contributed by atoms with Gasteiger partial charge in [-0.1, -0.05) is 39.3 Å². The molecule has 0 aliphatic heterocycles. The molecule has 3 unspecified atom stereocenters. The van der Waals surface area contributed by atoms with Crippen molar-refractivity contribution in [3.8, 4) is 5.75 Å². The van der Waals surface area contributed by atoms with Crippen molar-refractivity contribution in [1.29, 1.82) is 0 Å². The van der Waals surface area contributed by atoms with Crippen molar-refractivity contribution in [3.63, 3.8) is 0 Å². The molecule has 2 rings (SSSR count). The number of hydrogen-bond donors (Lipinski definition) is 2. The molecule has 1 fully saturated rings. The summed E-state index contributed by atoms with van der Waals surface area (Å²) >= 11 is 0. The first-order valence-electron chi connectivity index (χ1n) is 8.59. The first-order valence-corrected chi connectivity index (χ1v) is 8.59. The zero-order chi connectivity index (χ0) is 17.0. The number of amides is 1. The fraction of sp³-hybridized carbons (Fsp3) is 0.632. The maximum Gasteiger partial charge on any atom is 0.261 e. The van der Waals surface area contributed by atoms with Gasteiger partial charge in [0.15, 0.2) is 6.10 Å². The van der Waals surface area contributed by atoms with Crippen LogP contribution >= 0.6 is 12.4 Å². The summed E-state index contributed by atoms with van der Waals surface area (Å²) in [7, 11) is 0. The lowest BCUT2D eigenvalue weighted by Crippen LogP contribution is -2.45. The monoisotopic (exact) mass is 354 g/mol. The van der Waals surface area contributed by atoms with E-state index < -0.39 is 6.10 Å². The SMILES string of the molecule is CC(Oc1ccc(C(C)(C)C)cc1)C(=O)NC1CCCC1CN.Cl. The van der Waals surface area contributed by atoms with Crippen LogP contribution in [0.25, 0.3) is 0 Å². The van der Waals surface area contributed by atoms with Gasteiger partial charge in [-0.2, -0.15) is 0 Å². The van der Waals surface area contributed by atoms with Crippen molar-refractivity contribution in [3.05, 3.63) is 29.8 Å². The van der Waals surface area contributed by atoms with Crippen LogP contribution in [0.1, 0.15) is 52.5 Å². The van der Waals surface area contributed by atoms with Gasteiger partial charge in [0.05, 0.1) is 0 Å². The lowest BCUT2D eigenvalue weighted by molar-refractivity contribution is -0.128. The number of halogens is 1. The van der Waals surface area contributed by atoms with E-state index in [2.05, 4.69) is 38.2 Å². The van der Waals surface area contributed by atoms with E-state index in [1.54, 1.807) is 6.92 Å². The normalized spacial score (nSPS) is 21.7. The molecule has 0 saturated heterocycles. The van der Waals surface area contributed by atoms with E-state index in [1.807, 2.05) is 12.1 Å². The van der Waals surface area contributed by atoms with E-state index >= 15 is 0 Å². The summed E-state index contributed by atoms with van der Waals surface area (Å²) in [4.78, 5) is 12.3. The number of nitrogens with two attached hydrogens (primary N) is 1. The topological polar surface area (TPSA) is 64.3 Å². The highest BCUT2D eigenvalue weighted by atomic mass is 35.5. The van der Waals surface area contributed by atoms with Gasteiger partial charge in [-0.25, -0.2) is 0 Å². The molecular formula is C19H31ClN2O2. The third-order valence-electron chi connectivity index (χ3n) is 4.69. The molecule has 24 heavy (non-hydrogen) atoms. The molecule has 3 atom stereocenters. The Labute approximate surface area is 151 Å². The molecule has 4 nitrogen and oxygen atoms in total. The Morgan fingerprint density at radius 3 is 2.46 bits per heavy atom. The predicted octanol–water partition coefficient (Wildman–Crippen LogP) is 3.42. The molecule has 1 saturated carbocycles. The number of benzene rings is 1. The summed E-state index contributed by atoms with van der Waals surface area (Å²) in [6.45, 7) is 8.95. The Bertz CT molecular complexity index is 525. The van der Waals surface area contributed by atoms with E-state index in [0.717, 1.165) is 25.0 Å². The fourth-order valence-corrected chi connectivity index (χ4v) is 3.10. The van der Waals surface area contributed by atoms with E-state index in [0.29, 0.717) is 12.5 Å². The van der Waals surface area contributed by atoms with E-state index in [9.17, 15) is 4.79 Å². The molecule has 1 aromatic carbocycles. The zero-order valence-electron chi connectivity index (χ0n) is 15.2. The van der Waals surface area contributed by atoms with Gasteiger partial charge in [-0.3, -0.25) is 4.79 Å². The minimum Gasteiger partial charge on any atom is -0.481 e. The number of rotatable bonds is 5. The standard InChI is InChI=1S/C19H30N2O2.ClH/c1-13(18(22)21-17-7-5-6-14(17)12-20)23-16-10-8-15(9-11-16)19(2,3)4;/h8-11,13-14,17H,5-7,12,20H2,1-4H3,(H,21,22);1H. The first kappa shape index (κ1) is 20.8. The highest BCUT2D eigenvalue weighted by Gasteiger charge is 2.29. The number of carbonyl (C=O) groups excluding carboxylic acids is 1. The summed E-state index contributed by atoms with van der Waals surface area (Å²) in [6.07, 6.45) is 2.75. The Balaban J connectivity index is 0.00000288. The van der Waals surface area contributed by atoms with Gasteiger partial charge in [0.1, 0.15) is 5.75 Å². The molecule has 5 heteroatoms. The molecule has 136 valence electrons. The molecule has 0 aromatic heterocycles. The Hall–Kier alpha value is -1.26. The Morgan fingerprint density at radius 2 is 1.92 bits per heavy atom. The molecule has 0 spiro atoms. The van der Waals surface area contributed by atoms with Crippen LogP contribution in [-0.4, -0.2) is 24.6 Å². The molecule has 0 bridgehead atoms. The third-order valence-corrected chi connectivity index (χ3v) is 4.69. The van der Waals surface area contributed by atoms with Crippen LogP contribution in [0.15, 0.2) is 24.3 Å². The summed E-state index contributed by atoms with van der Waals surface area (Å²) in [5, 5.41) is 3.09. The van der Waals surface area contributed by atoms with Crippen molar-refractivity contribution in [2.45, 2.75) is 64.5 Å². The predicted molar refractivity (Wildman–Crippen MR) is 101 cm³/mol. The minimum atomic E-state index is -0.505. The second-order valence-electron chi connectivity index (χ2n) is 7.58. The van der Waals surface area contributed by atoms with Crippen molar-refractivity contribution >= 4 is 18.3 Å². The largest absolute Gasteiger partial charge is 0.481 e. The summed E-state index contributed by atoms with van der Waals surface area (Å²) in [5.41, 5.74) is 7.13. The van der Waals surface area contributed by atoms with Crippen LogP contribution in [-0.2, 0) is 10.2 Å². The number of hydrogen-bond acceptors (Lipinski definition) is 3. The Kier molecular flexibility index (Phi) is 7.56. The summed E-state index contributed by atoms with van der Waals surface area (Å²) < 4.78 is 5.78. The maximum atomic E-state index is 12.3. The van der Waals surface area contributed by atoms with Crippen molar-refractivity contribution < 1.29 is 9.53 Å². The van der Waals surface area contributed by atoms with Crippen LogP contribution in [0.4, 0.5) is 0 Å². The van der Waals surface area contributed by atoms with Gasteiger partial charge in [-0.05, 0) is 55.3 Å².